The van der Waals surface area contributed by atoms with E-state index in [-0.39, 0.29) is 28.3 Å². The van der Waals surface area contributed by atoms with E-state index in [0.717, 1.165) is 12.1 Å². The number of carboxylic acid groups (broad SMARTS) is 2. The van der Waals surface area contributed by atoms with E-state index in [2.05, 4.69) is 16.0 Å². The minimum atomic E-state index is -4.85. The van der Waals surface area contributed by atoms with Gasteiger partial charge in [-0.3, -0.25) is 43.3 Å². The predicted octanol–water partition coefficient (Wildman–Crippen LogP) is 3.73. The third-order valence-electron chi connectivity index (χ3n) is 9.49. The molecule has 0 radical (unpaired) electrons. The Balaban J connectivity index is 2.88. The number of hydrogen-bond acceptors (Lipinski definition) is 10. The number of nitrogens with one attached hydrogen (secondary N) is 4. The molecule has 0 aliphatic carbocycles. The number of aryl methyl sites for hydroxylation is 1. The molecule has 2 aromatic carbocycles. The van der Waals surface area contributed by atoms with Crippen LogP contribution >= 0.6 is 23.2 Å². The Hall–Kier alpha value is -5.60. The zero-order valence-electron chi connectivity index (χ0n) is 35.9. The zero-order chi connectivity index (χ0) is 48.9. The van der Waals surface area contributed by atoms with Gasteiger partial charge in [0.05, 0.1) is 24.9 Å². The smallest absolute Gasteiger partial charge is 0.391 e. The van der Waals surface area contributed by atoms with Crippen LogP contribution in [-0.4, -0.2) is 111 Å². The number of imide groups is 1. The highest BCUT2D eigenvalue weighted by molar-refractivity contribution is 6.35. The normalized spacial score (nSPS) is 14.5. The van der Waals surface area contributed by atoms with E-state index in [1.165, 1.54) is 26.8 Å². The lowest BCUT2D eigenvalue weighted by Gasteiger charge is -2.40. The van der Waals surface area contributed by atoms with E-state index in [9.17, 15) is 56.6 Å². The number of nitrogens with zero attached hydrogens (tertiary/aromatic N) is 1. The van der Waals surface area contributed by atoms with Gasteiger partial charge in [-0.1, -0.05) is 82.1 Å². The fraction of sp³-hybridized carbons (Fsp3) is 0.500. The first-order valence-corrected chi connectivity index (χ1v) is 20.6. The molecule has 352 valence electrons. The molecule has 22 heteroatoms. The summed E-state index contributed by atoms with van der Waals surface area (Å²) in [7, 11) is 0. The van der Waals surface area contributed by atoms with E-state index in [0.29, 0.717) is 16.0 Å². The van der Waals surface area contributed by atoms with Crippen LogP contribution in [0.25, 0.3) is 0 Å². The average molecular weight is 946 g/mol. The number of aliphatic carboxylic acids is 2. The van der Waals surface area contributed by atoms with E-state index in [1.54, 1.807) is 45.0 Å². The van der Waals surface area contributed by atoms with Gasteiger partial charge in [-0.25, -0.2) is 0 Å². The van der Waals surface area contributed by atoms with Crippen molar-refractivity contribution in [1.29, 1.82) is 0 Å². The number of benzene rings is 2. The van der Waals surface area contributed by atoms with Crippen LogP contribution in [0, 0.1) is 18.3 Å². The fourth-order valence-electron chi connectivity index (χ4n) is 6.47. The number of carboxylic acids is 2. The molecule has 2 aromatic rings. The summed E-state index contributed by atoms with van der Waals surface area (Å²) in [6.07, 6.45) is -9.40. The molecule has 0 aliphatic rings. The third-order valence-corrected chi connectivity index (χ3v) is 9.92. The van der Waals surface area contributed by atoms with E-state index >= 15 is 4.79 Å². The number of halogens is 5. The van der Waals surface area contributed by atoms with Crippen molar-refractivity contribution in [3.8, 4) is 0 Å². The number of nitrogens with two attached hydrogens (primary N) is 1. The quantitative estimate of drug-likeness (QED) is 0.0833. The maximum Gasteiger partial charge on any atom is 0.391 e. The molecule has 0 aliphatic heterocycles. The van der Waals surface area contributed by atoms with Crippen molar-refractivity contribution >= 4 is 76.9 Å². The van der Waals surface area contributed by atoms with Crippen LogP contribution in [0.4, 0.5) is 13.2 Å². The van der Waals surface area contributed by atoms with Crippen LogP contribution in [-0.2, 0) is 44.8 Å². The molecule has 0 saturated heterocycles. The lowest BCUT2D eigenvalue weighted by molar-refractivity contribution is -0.148. The van der Waals surface area contributed by atoms with Crippen LogP contribution in [0.1, 0.15) is 88.2 Å². The standard InChI is InChI=1S/C42H53Cl2F3N6O11/c1-21(2)13-30(37(61)49-27(20-54)19-42(45,46)47)51-38(62)34(41(4,5)6)53(39(63)24-14-25(43)17-26(44)15-24)40(64)31(16-23-10-8-7-9-22(23)3)52-36(60)29(11-12-32(55)56)50-35(59)28(48)18-33(57)58/h7-10,14-15,17,20-21,27-31,34H,11-13,16,18-19,48H2,1-6H3,(H,49,61)(H,50,59)(H,51,62)(H,52,60)(H,55,56)(H,57,58)/t27?,28-,29-,30-,31-,34+/m0/s1. The van der Waals surface area contributed by atoms with Crippen molar-refractivity contribution < 1.29 is 66.5 Å². The highest BCUT2D eigenvalue weighted by Crippen LogP contribution is 2.30. The average Bonchev–Trinajstić information content (AvgIpc) is 3.15. The second-order valence-corrected chi connectivity index (χ2v) is 17.5. The molecule has 0 bridgehead atoms. The van der Waals surface area contributed by atoms with Gasteiger partial charge in [-0.2, -0.15) is 13.2 Å². The SMILES string of the molecule is Cc1ccccc1C[C@H](NC(=O)[C@H](CCC(=O)O)NC(=O)[C@@H](N)CC(=O)O)C(=O)N(C(=O)c1cc(Cl)cc(Cl)c1)[C@H](C(=O)N[C@@H](CC(C)C)C(=O)NC(C=O)CC(F)(F)F)C(C)(C)C. The first-order valence-electron chi connectivity index (χ1n) is 19.8. The Morgan fingerprint density at radius 3 is 1.84 bits per heavy atom. The Morgan fingerprint density at radius 2 is 1.34 bits per heavy atom. The summed E-state index contributed by atoms with van der Waals surface area (Å²) in [5, 5.41) is 27.6. The van der Waals surface area contributed by atoms with Gasteiger partial charge < -0.3 is 42.0 Å². The lowest BCUT2D eigenvalue weighted by atomic mass is 9.83. The molecule has 6 amide bonds. The third kappa shape index (κ3) is 17.5. The van der Waals surface area contributed by atoms with Crippen molar-refractivity contribution in [2.24, 2.45) is 17.1 Å². The fourth-order valence-corrected chi connectivity index (χ4v) is 7.00. The summed E-state index contributed by atoms with van der Waals surface area (Å²) in [4.78, 5) is 120. The van der Waals surface area contributed by atoms with E-state index < -0.39 is 133 Å². The van der Waals surface area contributed by atoms with Crippen LogP contribution in [0.2, 0.25) is 10.0 Å². The molecular weight excluding hydrogens is 892 g/mol. The maximum absolute atomic E-state index is 15.3. The van der Waals surface area contributed by atoms with Gasteiger partial charge in [0, 0.05) is 28.5 Å². The Labute approximate surface area is 377 Å². The van der Waals surface area contributed by atoms with Crippen molar-refractivity contribution in [2.75, 3.05) is 0 Å². The molecule has 17 nitrogen and oxygen atoms in total. The molecule has 0 aromatic heterocycles. The molecule has 0 saturated carbocycles. The highest BCUT2D eigenvalue weighted by Gasteiger charge is 2.46. The van der Waals surface area contributed by atoms with Gasteiger partial charge in [-0.15, -0.1) is 0 Å². The summed E-state index contributed by atoms with van der Waals surface area (Å²) in [6.45, 7) is 9.29. The van der Waals surface area contributed by atoms with Gasteiger partial charge >= 0.3 is 18.1 Å². The molecular formula is C42H53Cl2F3N6O11. The lowest BCUT2D eigenvalue weighted by Crippen LogP contribution is -2.64. The molecule has 8 N–H and O–H groups in total. The topological polar surface area (TPSA) is 271 Å². The van der Waals surface area contributed by atoms with Crippen LogP contribution in [0.15, 0.2) is 42.5 Å². The second kappa shape index (κ2) is 23.9. The Kier molecular flexibility index (Phi) is 20.4. The monoisotopic (exact) mass is 944 g/mol. The van der Waals surface area contributed by atoms with Gasteiger partial charge in [0.15, 0.2) is 0 Å². The summed E-state index contributed by atoms with van der Waals surface area (Å²) < 4.78 is 39.7. The van der Waals surface area contributed by atoms with Gasteiger partial charge in [-0.05, 0) is 60.4 Å². The number of carbonyl (C=O) groups is 9. The summed E-state index contributed by atoms with van der Waals surface area (Å²) >= 11 is 12.5. The van der Waals surface area contributed by atoms with Gasteiger partial charge in [0.25, 0.3) is 11.8 Å². The Morgan fingerprint density at radius 1 is 0.797 bits per heavy atom. The summed E-state index contributed by atoms with van der Waals surface area (Å²) in [5.41, 5.74) is 4.94. The first-order chi connectivity index (χ1) is 29.5. The van der Waals surface area contributed by atoms with E-state index in [1.807, 2.05) is 5.32 Å². The number of hydrogen-bond donors (Lipinski definition) is 7. The zero-order valence-corrected chi connectivity index (χ0v) is 37.4. The maximum atomic E-state index is 15.3. The highest BCUT2D eigenvalue weighted by atomic mass is 35.5. The van der Waals surface area contributed by atoms with Crippen LogP contribution < -0.4 is 27.0 Å². The second-order valence-electron chi connectivity index (χ2n) is 16.6. The molecule has 0 heterocycles. The summed E-state index contributed by atoms with van der Waals surface area (Å²) in [6, 6.07) is -0.685. The molecule has 64 heavy (non-hydrogen) atoms. The van der Waals surface area contributed by atoms with E-state index in [4.69, 9.17) is 34.0 Å². The molecule has 0 spiro atoms. The van der Waals surface area contributed by atoms with Gasteiger partial charge in [0.2, 0.25) is 23.6 Å². The Bertz CT molecular complexity index is 2040. The molecule has 2 rings (SSSR count). The minimum absolute atomic E-state index is 0.0693. The van der Waals surface area contributed by atoms with Crippen molar-refractivity contribution in [2.45, 2.75) is 122 Å². The molecule has 1 unspecified atom stereocenters. The number of carbonyl (C=O) groups excluding carboxylic acids is 7. The van der Waals surface area contributed by atoms with Crippen LogP contribution in [0.5, 0.6) is 0 Å². The largest absolute Gasteiger partial charge is 0.481 e. The number of amides is 6. The van der Waals surface area contributed by atoms with Crippen molar-refractivity contribution in [1.82, 2.24) is 26.2 Å². The van der Waals surface area contributed by atoms with Gasteiger partial charge in [0.1, 0.15) is 30.5 Å². The summed E-state index contributed by atoms with van der Waals surface area (Å²) in [5.74, 6) is -10.3. The molecule has 0 fully saturated rings. The minimum Gasteiger partial charge on any atom is -0.481 e. The first kappa shape index (κ1) is 54.5. The number of rotatable bonds is 22. The molecule has 6 atom stereocenters. The predicted molar refractivity (Wildman–Crippen MR) is 227 cm³/mol. The van der Waals surface area contributed by atoms with Crippen molar-refractivity contribution in [3.63, 3.8) is 0 Å². The number of aldehydes is 1. The van der Waals surface area contributed by atoms with Crippen LogP contribution in [0.3, 0.4) is 0 Å². The number of alkyl halides is 3. The van der Waals surface area contributed by atoms with Crippen molar-refractivity contribution in [3.05, 3.63) is 69.2 Å².